The summed E-state index contributed by atoms with van der Waals surface area (Å²) in [5.74, 6) is 0.0526. The van der Waals surface area contributed by atoms with Crippen LogP contribution in [0.2, 0.25) is 0 Å². The third kappa shape index (κ3) is 3.16. The molecule has 0 fully saturated rings. The molecule has 0 spiro atoms. The molecule has 1 heterocycles. The van der Waals surface area contributed by atoms with E-state index < -0.39 is 0 Å². The van der Waals surface area contributed by atoms with Crippen LogP contribution in [0, 0.1) is 5.41 Å². The van der Waals surface area contributed by atoms with Crippen molar-refractivity contribution in [1.29, 1.82) is 0 Å². The van der Waals surface area contributed by atoms with Crippen LogP contribution in [0.15, 0.2) is 24.3 Å². The van der Waals surface area contributed by atoms with Crippen molar-refractivity contribution in [1.82, 2.24) is 10.6 Å². The third-order valence-electron chi connectivity index (χ3n) is 4.07. The van der Waals surface area contributed by atoms with Gasteiger partial charge < -0.3 is 10.6 Å². The summed E-state index contributed by atoms with van der Waals surface area (Å²) in [4.78, 5) is 12.5. The topological polar surface area (TPSA) is 41.1 Å². The summed E-state index contributed by atoms with van der Waals surface area (Å²) >= 11 is 0. The molecule has 0 saturated carbocycles. The van der Waals surface area contributed by atoms with E-state index in [1.807, 2.05) is 12.1 Å². The van der Waals surface area contributed by atoms with E-state index in [0.717, 1.165) is 13.1 Å². The van der Waals surface area contributed by atoms with Crippen LogP contribution in [0.1, 0.15) is 44.7 Å². The lowest BCUT2D eigenvalue weighted by Crippen LogP contribution is -2.46. The molecule has 1 aliphatic heterocycles. The molecular weight excluding hydrogens is 236 g/mol. The molecule has 0 saturated heterocycles. The number of hydrogen-bond acceptors (Lipinski definition) is 2. The highest BCUT2D eigenvalue weighted by atomic mass is 16.2. The third-order valence-corrected chi connectivity index (χ3v) is 4.07. The summed E-state index contributed by atoms with van der Waals surface area (Å²) in [5.41, 5.74) is 2.48. The Labute approximate surface area is 115 Å². The minimum Gasteiger partial charge on any atom is -0.353 e. The minimum atomic E-state index is -0.0743. The standard InChI is InChI=1S/C16H24N2O/c1-11(16(2,3)4)18-15(19)14-10-17-9-12-7-5-6-8-13(12)14/h5-8,11,14,17H,9-10H2,1-4H3,(H,18,19). The fraction of sp³-hybridized carbons (Fsp3) is 0.562. The Morgan fingerprint density at radius 1 is 1.37 bits per heavy atom. The smallest absolute Gasteiger partial charge is 0.229 e. The number of benzene rings is 1. The molecule has 2 atom stereocenters. The van der Waals surface area contributed by atoms with Crippen molar-refractivity contribution >= 4 is 5.91 Å². The molecule has 2 N–H and O–H groups in total. The predicted octanol–water partition coefficient (Wildman–Crippen LogP) is 2.42. The molecule has 0 aromatic heterocycles. The molecule has 1 aromatic rings. The highest BCUT2D eigenvalue weighted by Gasteiger charge is 2.29. The first kappa shape index (κ1) is 14.1. The van der Waals surface area contributed by atoms with Crippen LogP contribution in [-0.2, 0) is 11.3 Å². The van der Waals surface area contributed by atoms with Gasteiger partial charge in [0.2, 0.25) is 5.91 Å². The lowest BCUT2D eigenvalue weighted by molar-refractivity contribution is -0.124. The van der Waals surface area contributed by atoms with Gasteiger partial charge in [0.1, 0.15) is 0 Å². The zero-order chi connectivity index (χ0) is 14.0. The normalized spacial score (nSPS) is 20.5. The summed E-state index contributed by atoms with van der Waals surface area (Å²) in [7, 11) is 0. The minimum absolute atomic E-state index is 0.0743. The number of rotatable bonds is 2. The Kier molecular flexibility index (Phi) is 3.95. The molecule has 0 radical (unpaired) electrons. The second kappa shape index (κ2) is 5.33. The molecule has 3 nitrogen and oxygen atoms in total. The SMILES string of the molecule is CC(NC(=O)C1CNCc2ccccc21)C(C)(C)C. The summed E-state index contributed by atoms with van der Waals surface area (Å²) in [6, 6.07) is 8.36. The van der Waals surface area contributed by atoms with Crippen molar-refractivity contribution < 1.29 is 4.79 Å². The van der Waals surface area contributed by atoms with Crippen molar-refractivity contribution in [2.24, 2.45) is 5.41 Å². The molecule has 104 valence electrons. The lowest BCUT2D eigenvalue weighted by Gasteiger charge is -2.31. The van der Waals surface area contributed by atoms with Crippen molar-refractivity contribution in [2.75, 3.05) is 6.54 Å². The zero-order valence-corrected chi connectivity index (χ0v) is 12.3. The van der Waals surface area contributed by atoms with Crippen LogP contribution >= 0.6 is 0 Å². The fourth-order valence-corrected chi connectivity index (χ4v) is 2.26. The van der Waals surface area contributed by atoms with E-state index in [1.165, 1.54) is 11.1 Å². The van der Waals surface area contributed by atoms with Gasteiger partial charge in [0.05, 0.1) is 5.92 Å². The van der Waals surface area contributed by atoms with Crippen LogP contribution in [0.5, 0.6) is 0 Å². The van der Waals surface area contributed by atoms with E-state index in [-0.39, 0.29) is 23.3 Å². The number of nitrogens with one attached hydrogen (secondary N) is 2. The molecule has 3 heteroatoms. The first-order chi connectivity index (χ1) is 8.89. The molecule has 1 aromatic carbocycles. The number of amides is 1. The Morgan fingerprint density at radius 2 is 2.05 bits per heavy atom. The molecule has 2 unspecified atom stereocenters. The number of carbonyl (C=O) groups is 1. The molecular formula is C16H24N2O. The summed E-state index contributed by atoms with van der Waals surface area (Å²) in [6.45, 7) is 10.1. The van der Waals surface area contributed by atoms with Crippen molar-refractivity contribution in [3.05, 3.63) is 35.4 Å². The largest absolute Gasteiger partial charge is 0.353 e. The molecule has 1 amide bonds. The van der Waals surface area contributed by atoms with Crippen LogP contribution in [0.3, 0.4) is 0 Å². The molecule has 2 rings (SSSR count). The maximum atomic E-state index is 12.5. The monoisotopic (exact) mass is 260 g/mol. The maximum Gasteiger partial charge on any atom is 0.229 e. The van der Waals surface area contributed by atoms with Crippen LogP contribution in [0.25, 0.3) is 0 Å². The van der Waals surface area contributed by atoms with Crippen LogP contribution in [0.4, 0.5) is 0 Å². The first-order valence-corrected chi connectivity index (χ1v) is 6.98. The van der Waals surface area contributed by atoms with Gasteiger partial charge in [0.15, 0.2) is 0 Å². The second-order valence-corrected chi connectivity index (χ2v) is 6.48. The molecule has 0 bridgehead atoms. The highest BCUT2D eigenvalue weighted by Crippen LogP contribution is 2.25. The van der Waals surface area contributed by atoms with Gasteiger partial charge in [-0.25, -0.2) is 0 Å². The van der Waals surface area contributed by atoms with Gasteiger partial charge in [-0.3, -0.25) is 4.79 Å². The lowest BCUT2D eigenvalue weighted by atomic mass is 9.86. The predicted molar refractivity (Wildman–Crippen MR) is 77.9 cm³/mol. The first-order valence-electron chi connectivity index (χ1n) is 6.98. The van der Waals surface area contributed by atoms with Crippen LogP contribution in [-0.4, -0.2) is 18.5 Å². The Morgan fingerprint density at radius 3 is 2.74 bits per heavy atom. The van der Waals surface area contributed by atoms with E-state index in [4.69, 9.17) is 0 Å². The van der Waals surface area contributed by atoms with Gasteiger partial charge in [0.25, 0.3) is 0 Å². The van der Waals surface area contributed by atoms with Crippen molar-refractivity contribution in [3.63, 3.8) is 0 Å². The van der Waals surface area contributed by atoms with Crippen molar-refractivity contribution in [3.8, 4) is 0 Å². The zero-order valence-electron chi connectivity index (χ0n) is 12.3. The van der Waals surface area contributed by atoms with Gasteiger partial charge in [-0.15, -0.1) is 0 Å². The maximum absolute atomic E-state index is 12.5. The van der Waals surface area contributed by atoms with Gasteiger partial charge >= 0.3 is 0 Å². The molecule has 1 aliphatic rings. The Bertz CT molecular complexity index is 462. The Balaban J connectivity index is 2.13. The fourth-order valence-electron chi connectivity index (χ4n) is 2.26. The van der Waals surface area contributed by atoms with E-state index in [9.17, 15) is 4.79 Å². The summed E-state index contributed by atoms with van der Waals surface area (Å²) in [6.07, 6.45) is 0. The van der Waals surface area contributed by atoms with Gasteiger partial charge in [-0.05, 0) is 23.5 Å². The average molecular weight is 260 g/mol. The molecule has 0 aliphatic carbocycles. The van der Waals surface area contributed by atoms with Gasteiger partial charge in [0, 0.05) is 19.1 Å². The number of fused-ring (bicyclic) bond motifs is 1. The van der Waals surface area contributed by atoms with E-state index in [0.29, 0.717) is 0 Å². The highest BCUT2D eigenvalue weighted by molar-refractivity contribution is 5.85. The van der Waals surface area contributed by atoms with E-state index >= 15 is 0 Å². The van der Waals surface area contributed by atoms with Gasteiger partial charge in [-0.2, -0.15) is 0 Å². The Hall–Kier alpha value is -1.35. The summed E-state index contributed by atoms with van der Waals surface area (Å²) < 4.78 is 0. The van der Waals surface area contributed by atoms with E-state index in [1.54, 1.807) is 0 Å². The van der Waals surface area contributed by atoms with E-state index in [2.05, 4.69) is 50.5 Å². The summed E-state index contributed by atoms with van der Waals surface area (Å²) in [5, 5.41) is 6.47. The van der Waals surface area contributed by atoms with Crippen LogP contribution < -0.4 is 10.6 Å². The van der Waals surface area contributed by atoms with Crippen molar-refractivity contribution in [2.45, 2.75) is 46.2 Å². The number of hydrogen-bond donors (Lipinski definition) is 2. The average Bonchev–Trinajstić information content (AvgIpc) is 2.36. The second-order valence-electron chi connectivity index (χ2n) is 6.48. The quantitative estimate of drug-likeness (QED) is 0.857. The van der Waals surface area contributed by atoms with Gasteiger partial charge in [-0.1, -0.05) is 45.0 Å². The molecule has 19 heavy (non-hydrogen) atoms. The number of carbonyl (C=O) groups excluding carboxylic acids is 1.